The van der Waals surface area contributed by atoms with Gasteiger partial charge in [0.25, 0.3) is 0 Å². The van der Waals surface area contributed by atoms with Gasteiger partial charge in [-0.1, -0.05) is 25.1 Å². The van der Waals surface area contributed by atoms with Crippen LogP contribution in [0, 0.1) is 5.92 Å². The SMILES string of the molecule is CC1CCCN(C(=O)CCn2ccc3ccccc32)C1. The lowest BCUT2D eigenvalue weighted by Crippen LogP contribution is -2.39. The van der Waals surface area contributed by atoms with E-state index < -0.39 is 0 Å². The van der Waals surface area contributed by atoms with E-state index >= 15 is 0 Å². The van der Waals surface area contributed by atoms with Crippen LogP contribution in [0.15, 0.2) is 36.5 Å². The number of benzene rings is 1. The van der Waals surface area contributed by atoms with Crippen LogP contribution in [0.1, 0.15) is 26.2 Å². The van der Waals surface area contributed by atoms with E-state index in [0.29, 0.717) is 18.2 Å². The normalized spacial score (nSPS) is 19.4. The lowest BCUT2D eigenvalue weighted by Gasteiger charge is -2.31. The van der Waals surface area contributed by atoms with Gasteiger partial charge in [-0.2, -0.15) is 0 Å². The zero-order valence-electron chi connectivity index (χ0n) is 12.1. The maximum Gasteiger partial charge on any atom is 0.224 e. The molecular formula is C17H22N2O. The van der Waals surface area contributed by atoms with Gasteiger partial charge in [0.2, 0.25) is 5.91 Å². The molecule has 3 nitrogen and oxygen atoms in total. The van der Waals surface area contributed by atoms with Crippen molar-refractivity contribution in [2.24, 2.45) is 5.92 Å². The van der Waals surface area contributed by atoms with Gasteiger partial charge in [0.1, 0.15) is 0 Å². The van der Waals surface area contributed by atoms with Crippen molar-refractivity contribution in [2.45, 2.75) is 32.7 Å². The Labute approximate surface area is 120 Å². The van der Waals surface area contributed by atoms with Crippen LogP contribution in [-0.2, 0) is 11.3 Å². The number of hydrogen-bond acceptors (Lipinski definition) is 1. The van der Waals surface area contributed by atoms with Crippen LogP contribution in [-0.4, -0.2) is 28.5 Å². The van der Waals surface area contributed by atoms with Crippen LogP contribution in [0.3, 0.4) is 0 Å². The van der Waals surface area contributed by atoms with Crippen molar-refractivity contribution in [3.8, 4) is 0 Å². The summed E-state index contributed by atoms with van der Waals surface area (Å²) in [6, 6.07) is 10.4. The number of nitrogens with zero attached hydrogens (tertiary/aromatic N) is 2. The van der Waals surface area contributed by atoms with E-state index in [1.807, 2.05) is 17.0 Å². The second kappa shape index (κ2) is 5.70. The number of carbonyl (C=O) groups excluding carboxylic acids is 1. The Hall–Kier alpha value is -1.77. The molecule has 0 aliphatic carbocycles. The predicted molar refractivity (Wildman–Crippen MR) is 81.5 cm³/mol. The first-order chi connectivity index (χ1) is 9.74. The average molecular weight is 270 g/mol. The number of likely N-dealkylation sites (tertiary alicyclic amines) is 1. The Morgan fingerprint density at radius 1 is 1.30 bits per heavy atom. The molecule has 0 N–H and O–H groups in total. The van der Waals surface area contributed by atoms with Crippen LogP contribution in [0.2, 0.25) is 0 Å². The number of para-hydroxylation sites is 1. The molecule has 1 unspecified atom stereocenters. The molecule has 0 spiro atoms. The Balaban J connectivity index is 1.63. The molecule has 20 heavy (non-hydrogen) atoms. The highest BCUT2D eigenvalue weighted by molar-refractivity contribution is 5.80. The van der Waals surface area contributed by atoms with Gasteiger partial charge >= 0.3 is 0 Å². The lowest BCUT2D eigenvalue weighted by atomic mass is 10.00. The Morgan fingerprint density at radius 2 is 2.15 bits per heavy atom. The molecule has 1 amide bonds. The zero-order valence-corrected chi connectivity index (χ0v) is 12.1. The first kappa shape index (κ1) is 13.2. The summed E-state index contributed by atoms with van der Waals surface area (Å²) >= 11 is 0. The molecule has 3 rings (SSSR count). The molecule has 1 aliphatic rings. The summed E-state index contributed by atoms with van der Waals surface area (Å²) in [6.45, 7) is 4.89. The fraction of sp³-hybridized carbons (Fsp3) is 0.471. The fourth-order valence-corrected chi connectivity index (χ4v) is 3.13. The standard InChI is InChI=1S/C17H22N2O/c1-14-5-4-10-19(13-14)17(20)9-12-18-11-8-15-6-2-3-7-16(15)18/h2-3,6-8,11,14H,4-5,9-10,12-13H2,1H3. The molecule has 1 saturated heterocycles. The zero-order chi connectivity index (χ0) is 13.9. The highest BCUT2D eigenvalue weighted by atomic mass is 16.2. The van der Waals surface area contributed by atoms with Gasteiger partial charge in [0.05, 0.1) is 0 Å². The molecular weight excluding hydrogens is 248 g/mol. The van der Waals surface area contributed by atoms with Crippen molar-refractivity contribution in [3.63, 3.8) is 0 Å². The minimum Gasteiger partial charge on any atom is -0.347 e. The largest absolute Gasteiger partial charge is 0.347 e. The summed E-state index contributed by atoms with van der Waals surface area (Å²) in [5.41, 5.74) is 1.22. The van der Waals surface area contributed by atoms with Crippen LogP contribution in [0.4, 0.5) is 0 Å². The molecule has 1 fully saturated rings. The Morgan fingerprint density at radius 3 is 3.00 bits per heavy atom. The number of rotatable bonds is 3. The molecule has 1 atom stereocenters. The van der Waals surface area contributed by atoms with Crippen LogP contribution < -0.4 is 0 Å². The molecule has 2 heterocycles. The van der Waals surface area contributed by atoms with E-state index in [1.54, 1.807) is 0 Å². The molecule has 3 heteroatoms. The summed E-state index contributed by atoms with van der Waals surface area (Å²) < 4.78 is 2.18. The van der Waals surface area contributed by atoms with E-state index in [0.717, 1.165) is 26.1 Å². The Bertz CT molecular complexity index is 602. The van der Waals surface area contributed by atoms with Gasteiger partial charge in [-0.05, 0) is 36.3 Å². The summed E-state index contributed by atoms with van der Waals surface area (Å²) in [6.07, 6.45) is 5.09. The summed E-state index contributed by atoms with van der Waals surface area (Å²) in [7, 11) is 0. The maximum absolute atomic E-state index is 12.3. The van der Waals surface area contributed by atoms with Gasteiger partial charge in [0.15, 0.2) is 0 Å². The molecule has 0 bridgehead atoms. The van der Waals surface area contributed by atoms with Crippen molar-refractivity contribution in [3.05, 3.63) is 36.5 Å². The monoisotopic (exact) mass is 270 g/mol. The van der Waals surface area contributed by atoms with E-state index in [2.05, 4.69) is 35.9 Å². The third kappa shape index (κ3) is 2.72. The van der Waals surface area contributed by atoms with Gasteiger partial charge in [-0.15, -0.1) is 0 Å². The molecule has 106 valence electrons. The molecule has 1 aromatic carbocycles. The summed E-state index contributed by atoms with van der Waals surface area (Å²) in [5.74, 6) is 0.953. The van der Waals surface area contributed by atoms with Crippen molar-refractivity contribution in [1.82, 2.24) is 9.47 Å². The molecule has 1 aromatic heterocycles. The van der Waals surface area contributed by atoms with Crippen molar-refractivity contribution in [2.75, 3.05) is 13.1 Å². The molecule has 1 aliphatic heterocycles. The van der Waals surface area contributed by atoms with Crippen LogP contribution in [0.25, 0.3) is 10.9 Å². The number of aryl methyl sites for hydroxylation is 1. The van der Waals surface area contributed by atoms with Gasteiger partial charge < -0.3 is 9.47 Å². The third-order valence-electron chi connectivity index (χ3n) is 4.26. The molecule has 0 saturated carbocycles. The number of fused-ring (bicyclic) bond motifs is 1. The Kier molecular flexibility index (Phi) is 3.77. The highest BCUT2D eigenvalue weighted by Crippen LogP contribution is 2.18. The number of aromatic nitrogens is 1. The van der Waals surface area contributed by atoms with E-state index in [1.165, 1.54) is 17.3 Å². The van der Waals surface area contributed by atoms with Gasteiger partial charge in [-0.3, -0.25) is 4.79 Å². The van der Waals surface area contributed by atoms with Crippen molar-refractivity contribution >= 4 is 16.8 Å². The minimum atomic E-state index is 0.300. The van der Waals surface area contributed by atoms with Crippen molar-refractivity contribution in [1.29, 1.82) is 0 Å². The second-order valence-corrected chi connectivity index (χ2v) is 5.91. The van der Waals surface area contributed by atoms with Crippen LogP contribution >= 0.6 is 0 Å². The number of hydrogen-bond donors (Lipinski definition) is 0. The first-order valence-electron chi connectivity index (χ1n) is 7.55. The molecule has 2 aromatic rings. The van der Waals surface area contributed by atoms with Crippen molar-refractivity contribution < 1.29 is 4.79 Å². The summed E-state index contributed by atoms with van der Waals surface area (Å²) in [4.78, 5) is 14.3. The fourth-order valence-electron chi connectivity index (χ4n) is 3.13. The van der Waals surface area contributed by atoms with E-state index in [-0.39, 0.29) is 0 Å². The van der Waals surface area contributed by atoms with Crippen LogP contribution in [0.5, 0.6) is 0 Å². The maximum atomic E-state index is 12.3. The number of piperidine rings is 1. The highest BCUT2D eigenvalue weighted by Gasteiger charge is 2.20. The molecule has 0 radical (unpaired) electrons. The lowest BCUT2D eigenvalue weighted by molar-refractivity contribution is -0.133. The predicted octanol–water partition coefficient (Wildman–Crippen LogP) is 3.29. The quantitative estimate of drug-likeness (QED) is 0.840. The first-order valence-corrected chi connectivity index (χ1v) is 7.55. The topological polar surface area (TPSA) is 25.2 Å². The minimum absolute atomic E-state index is 0.300. The average Bonchev–Trinajstić information content (AvgIpc) is 2.88. The van der Waals surface area contributed by atoms with Gasteiger partial charge in [-0.25, -0.2) is 0 Å². The number of amides is 1. The second-order valence-electron chi connectivity index (χ2n) is 5.91. The van der Waals surface area contributed by atoms with E-state index in [9.17, 15) is 4.79 Å². The third-order valence-corrected chi connectivity index (χ3v) is 4.26. The van der Waals surface area contributed by atoms with Gasteiger partial charge in [0, 0.05) is 37.8 Å². The summed E-state index contributed by atoms with van der Waals surface area (Å²) in [5, 5.41) is 1.24. The smallest absolute Gasteiger partial charge is 0.224 e. The van der Waals surface area contributed by atoms with E-state index in [4.69, 9.17) is 0 Å². The number of carbonyl (C=O) groups is 1.